The van der Waals surface area contributed by atoms with Gasteiger partial charge in [-0.15, -0.1) is 0 Å². The minimum Gasteiger partial charge on any atom is -0.481 e. The lowest BCUT2D eigenvalue weighted by Crippen LogP contribution is -2.18. The number of hydrogen-bond acceptors (Lipinski definition) is 3. The highest BCUT2D eigenvalue weighted by molar-refractivity contribution is 5.89. The third-order valence-corrected chi connectivity index (χ3v) is 2.08. The average molecular weight is 252 g/mol. The van der Waals surface area contributed by atoms with Gasteiger partial charge in [0.05, 0.1) is 18.1 Å². The van der Waals surface area contributed by atoms with Crippen LogP contribution in [0.15, 0.2) is 24.3 Å². The van der Waals surface area contributed by atoms with Crippen molar-refractivity contribution in [2.24, 2.45) is 5.41 Å². The lowest BCUT2D eigenvalue weighted by molar-refractivity contribution is -0.145. The van der Waals surface area contributed by atoms with Crippen LogP contribution in [-0.2, 0) is 9.53 Å². The number of benzene rings is 1. The van der Waals surface area contributed by atoms with Crippen LogP contribution in [0, 0.1) is 12.3 Å². The van der Waals surface area contributed by atoms with E-state index < -0.39 is 11.4 Å². The number of esters is 1. The van der Waals surface area contributed by atoms with Gasteiger partial charge in [-0.1, -0.05) is 17.7 Å². The summed E-state index contributed by atoms with van der Waals surface area (Å²) in [4.78, 5) is 21.0. The second-order valence-electron chi connectivity index (χ2n) is 4.92. The van der Waals surface area contributed by atoms with Crippen molar-refractivity contribution in [3.8, 4) is 0 Å². The highest BCUT2D eigenvalue weighted by Crippen LogP contribution is 2.11. The van der Waals surface area contributed by atoms with Crippen LogP contribution in [0.4, 0.5) is 0 Å². The standard InChI is InChI=1S/C9H10O2.C5H10O2/c1-7-4-3-5-8(6-7)9(10)11-2;1-5(2,3)4(6)7/h3-6H,1-2H3;1-3H3,(H,6,7). The predicted octanol–water partition coefficient (Wildman–Crippen LogP) is 2.90. The summed E-state index contributed by atoms with van der Waals surface area (Å²) >= 11 is 0. The molecule has 0 saturated carbocycles. The van der Waals surface area contributed by atoms with Crippen molar-refractivity contribution in [2.75, 3.05) is 7.11 Å². The molecule has 1 rings (SSSR count). The fourth-order valence-corrected chi connectivity index (χ4v) is 0.890. The van der Waals surface area contributed by atoms with Gasteiger partial charge < -0.3 is 9.84 Å². The largest absolute Gasteiger partial charge is 0.481 e. The van der Waals surface area contributed by atoms with Gasteiger partial charge in [-0.2, -0.15) is 0 Å². The Morgan fingerprint density at radius 3 is 2.06 bits per heavy atom. The Balaban J connectivity index is 0.000000360. The molecule has 0 bridgehead atoms. The van der Waals surface area contributed by atoms with Gasteiger partial charge in [-0.3, -0.25) is 4.79 Å². The monoisotopic (exact) mass is 252 g/mol. The summed E-state index contributed by atoms with van der Waals surface area (Å²) < 4.78 is 4.55. The van der Waals surface area contributed by atoms with Crippen molar-refractivity contribution in [2.45, 2.75) is 27.7 Å². The first-order valence-electron chi connectivity index (χ1n) is 5.57. The molecule has 0 aliphatic rings. The number of carbonyl (C=O) groups is 2. The number of carboxylic acids is 1. The topological polar surface area (TPSA) is 63.6 Å². The van der Waals surface area contributed by atoms with Crippen LogP contribution in [-0.4, -0.2) is 24.2 Å². The number of carboxylic acid groups (broad SMARTS) is 1. The van der Waals surface area contributed by atoms with Gasteiger partial charge in [-0.05, 0) is 39.8 Å². The fourth-order valence-electron chi connectivity index (χ4n) is 0.890. The van der Waals surface area contributed by atoms with E-state index >= 15 is 0 Å². The molecule has 18 heavy (non-hydrogen) atoms. The first kappa shape index (κ1) is 16.2. The first-order chi connectivity index (χ1) is 8.18. The maximum absolute atomic E-state index is 10.9. The molecule has 0 amide bonds. The minimum absolute atomic E-state index is 0.284. The molecule has 1 aromatic rings. The molecule has 0 atom stereocenters. The quantitative estimate of drug-likeness (QED) is 0.780. The summed E-state index contributed by atoms with van der Waals surface area (Å²) in [6, 6.07) is 7.30. The molecule has 0 aliphatic heterocycles. The van der Waals surface area contributed by atoms with E-state index in [0.29, 0.717) is 5.56 Å². The van der Waals surface area contributed by atoms with Gasteiger partial charge in [0, 0.05) is 0 Å². The number of aryl methyl sites for hydroxylation is 1. The smallest absolute Gasteiger partial charge is 0.337 e. The van der Waals surface area contributed by atoms with Gasteiger partial charge in [0.15, 0.2) is 0 Å². The molecule has 0 radical (unpaired) electrons. The summed E-state index contributed by atoms with van der Waals surface area (Å²) in [6.07, 6.45) is 0. The molecule has 4 heteroatoms. The Labute approximate surface area is 108 Å². The molecule has 0 unspecified atom stereocenters. The van der Waals surface area contributed by atoms with E-state index in [1.54, 1.807) is 32.9 Å². The third kappa shape index (κ3) is 6.03. The molecule has 1 aromatic carbocycles. The highest BCUT2D eigenvalue weighted by atomic mass is 16.5. The Morgan fingerprint density at radius 2 is 1.72 bits per heavy atom. The van der Waals surface area contributed by atoms with E-state index in [2.05, 4.69) is 4.74 Å². The number of hydrogen-bond donors (Lipinski definition) is 1. The molecule has 0 fully saturated rings. The number of methoxy groups -OCH3 is 1. The lowest BCUT2D eigenvalue weighted by atomic mass is 9.98. The number of rotatable bonds is 1. The molecule has 0 spiro atoms. The number of carbonyl (C=O) groups excluding carboxylic acids is 1. The molecule has 100 valence electrons. The van der Waals surface area contributed by atoms with E-state index in [0.717, 1.165) is 5.56 Å². The Kier molecular flexibility index (Phi) is 6.09. The second kappa shape index (κ2) is 6.79. The molecule has 0 heterocycles. The van der Waals surface area contributed by atoms with Crippen molar-refractivity contribution in [1.29, 1.82) is 0 Å². The maximum atomic E-state index is 10.9. The van der Waals surface area contributed by atoms with E-state index in [9.17, 15) is 9.59 Å². The van der Waals surface area contributed by atoms with Gasteiger partial charge in [-0.25, -0.2) is 4.79 Å². The Hall–Kier alpha value is -1.84. The van der Waals surface area contributed by atoms with Crippen molar-refractivity contribution in [1.82, 2.24) is 0 Å². The Morgan fingerprint density at radius 1 is 1.22 bits per heavy atom. The molecule has 0 saturated heterocycles. The SMILES string of the molecule is CC(C)(C)C(=O)O.COC(=O)c1cccc(C)c1. The van der Waals surface area contributed by atoms with E-state index in [4.69, 9.17) is 5.11 Å². The highest BCUT2D eigenvalue weighted by Gasteiger charge is 2.18. The van der Waals surface area contributed by atoms with Crippen LogP contribution in [0.25, 0.3) is 0 Å². The zero-order valence-corrected chi connectivity index (χ0v) is 11.5. The molecule has 1 N–H and O–H groups in total. The summed E-state index contributed by atoms with van der Waals surface area (Å²) in [6.45, 7) is 6.92. The lowest BCUT2D eigenvalue weighted by Gasteiger charge is -2.08. The van der Waals surface area contributed by atoms with Crippen molar-refractivity contribution < 1.29 is 19.4 Å². The van der Waals surface area contributed by atoms with Gasteiger partial charge in [0.1, 0.15) is 0 Å². The van der Waals surface area contributed by atoms with Crippen LogP contribution in [0.2, 0.25) is 0 Å². The third-order valence-electron chi connectivity index (χ3n) is 2.08. The zero-order valence-electron chi connectivity index (χ0n) is 11.5. The second-order valence-corrected chi connectivity index (χ2v) is 4.92. The number of aliphatic carboxylic acids is 1. The van der Waals surface area contributed by atoms with Crippen molar-refractivity contribution in [3.63, 3.8) is 0 Å². The van der Waals surface area contributed by atoms with Crippen molar-refractivity contribution >= 4 is 11.9 Å². The van der Waals surface area contributed by atoms with Crippen LogP contribution >= 0.6 is 0 Å². The van der Waals surface area contributed by atoms with Gasteiger partial charge >= 0.3 is 11.9 Å². The molecule has 0 aliphatic carbocycles. The normalized spacial score (nSPS) is 10.1. The van der Waals surface area contributed by atoms with E-state index in [1.807, 2.05) is 19.1 Å². The van der Waals surface area contributed by atoms with E-state index in [1.165, 1.54) is 7.11 Å². The minimum atomic E-state index is -0.757. The van der Waals surface area contributed by atoms with Gasteiger partial charge in [0.25, 0.3) is 0 Å². The molecular weight excluding hydrogens is 232 g/mol. The molecule has 4 nitrogen and oxygen atoms in total. The Bertz CT molecular complexity index is 416. The first-order valence-corrected chi connectivity index (χ1v) is 5.57. The van der Waals surface area contributed by atoms with Crippen LogP contribution < -0.4 is 0 Å². The summed E-state index contributed by atoms with van der Waals surface area (Å²) in [5.41, 5.74) is 1.08. The zero-order chi connectivity index (χ0) is 14.3. The molecule has 0 aromatic heterocycles. The van der Waals surface area contributed by atoms with Crippen LogP contribution in [0.1, 0.15) is 36.7 Å². The molecular formula is C14H20O4. The van der Waals surface area contributed by atoms with Gasteiger partial charge in [0.2, 0.25) is 0 Å². The van der Waals surface area contributed by atoms with Crippen molar-refractivity contribution in [3.05, 3.63) is 35.4 Å². The van der Waals surface area contributed by atoms with Crippen LogP contribution in [0.5, 0.6) is 0 Å². The fraction of sp³-hybridized carbons (Fsp3) is 0.429. The van der Waals surface area contributed by atoms with Crippen LogP contribution in [0.3, 0.4) is 0 Å². The summed E-state index contributed by atoms with van der Waals surface area (Å²) in [5.74, 6) is -1.04. The average Bonchev–Trinajstić information content (AvgIpc) is 2.27. The van der Waals surface area contributed by atoms with E-state index in [-0.39, 0.29) is 5.97 Å². The summed E-state index contributed by atoms with van der Waals surface area (Å²) in [7, 11) is 1.38. The summed E-state index contributed by atoms with van der Waals surface area (Å²) in [5, 5.41) is 8.25. The number of ether oxygens (including phenoxy) is 1. The predicted molar refractivity (Wildman–Crippen MR) is 69.6 cm³/mol. The maximum Gasteiger partial charge on any atom is 0.337 e.